The van der Waals surface area contributed by atoms with Crippen molar-refractivity contribution in [3.8, 4) is 0 Å². The summed E-state index contributed by atoms with van der Waals surface area (Å²) in [6, 6.07) is 7.68. The molecule has 11 heteroatoms. The van der Waals surface area contributed by atoms with Crippen molar-refractivity contribution < 1.29 is 4.79 Å². The maximum absolute atomic E-state index is 13.0. The van der Waals surface area contributed by atoms with E-state index in [1.807, 2.05) is 46.7 Å². The molecule has 0 aliphatic heterocycles. The summed E-state index contributed by atoms with van der Waals surface area (Å²) in [6.07, 6.45) is 3.30. The molecule has 5 rings (SSSR count). The van der Waals surface area contributed by atoms with Crippen molar-refractivity contribution in [2.24, 2.45) is 0 Å². The van der Waals surface area contributed by atoms with Crippen molar-refractivity contribution in [1.82, 2.24) is 29.5 Å². The molecule has 4 heterocycles. The lowest BCUT2D eigenvalue weighted by atomic mass is 10.2. The normalized spacial score (nSPS) is 11.5. The van der Waals surface area contributed by atoms with Crippen molar-refractivity contribution in [1.29, 1.82) is 0 Å². The van der Waals surface area contributed by atoms with Gasteiger partial charge in [0.15, 0.2) is 0 Å². The number of halogens is 2. The van der Waals surface area contributed by atoms with E-state index in [0.29, 0.717) is 37.8 Å². The second-order valence-electron chi connectivity index (χ2n) is 6.76. The first-order valence-electron chi connectivity index (χ1n) is 9.41. The van der Waals surface area contributed by atoms with Gasteiger partial charge in [0.25, 0.3) is 5.91 Å². The van der Waals surface area contributed by atoms with Crippen LogP contribution < -0.4 is 5.32 Å². The largest absolute Gasteiger partial charge is 0.321 e. The molecule has 1 amide bonds. The van der Waals surface area contributed by atoms with Gasteiger partial charge in [-0.05, 0) is 41.1 Å². The number of nitrogens with one attached hydrogen (secondary N) is 1. The average Bonchev–Trinajstić information content (AvgIpc) is 3.47. The number of aromatic nitrogens is 6. The van der Waals surface area contributed by atoms with E-state index in [1.165, 1.54) is 17.7 Å². The molecule has 0 unspecified atom stereocenters. The zero-order valence-electron chi connectivity index (χ0n) is 16.2. The van der Waals surface area contributed by atoms with Gasteiger partial charge < -0.3 is 5.32 Å². The third-order valence-electron chi connectivity index (χ3n) is 4.87. The number of aryl methyl sites for hydroxylation is 1. The predicted molar refractivity (Wildman–Crippen MR) is 125 cm³/mol. The summed E-state index contributed by atoms with van der Waals surface area (Å²) in [5.74, 6) is -0.269. The van der Waals surface area contributed by atoms with Crippen LogP contribution in [0.4, 0.5) is 5.69 Å². The molecule has 0 aliphatic carbocycles. The first kappa shape index (κ1) is 20.1. The second kappa shape index (κ2) is 8.03. The van der Waals surface area contributed by atoms with Crippen LogP contribution >= 0.6 is 38.9 Å². The molecule has 0 fully saturated rings. The van der Waals surface area contributed by atoms with Gasteiger partial charge in [-0.3, -0.25) is 14.2 Å². The fourth-order valence-corrected chi connectivity index (χ4v) is 5.15. The van der Waals surface area contributed by atoms with Crippen LogP contribution in [0.5, 0.6) is 0 Å². The molecule has 31 heavy (non-hydrogen) atoms. The number of rotatable bonds is 5. The maximum atomic E-state index is 13.0. The molecule has 0 atom stereocenters. The van der Waals surface area contributed by atoms with Crippen LogP contribution in [-0.2, 0) is 13.1 Å². The van der Waals surface area contributed by atoms with Gasteiger partial charge in [0.2, 0.25) is 0 Å². The number of hydrogen-bond donors (Lipinski definition) is 1. The minimum Gasteiger partial charge on any atom is -0.321 e. The smallest absolute Gasteiger partial charge is 0.258 e. The molecule has 156 valence electrons. The van der Waals surface area contributed by atoms with Gasteiger partial charge in [-0.2, -0.15) is 10.2 Å². The van der Waals surface area contributed by atoms with Crippen molar-refractivity contribution in [2.45, 2.75) is 20.0 Å². The van der Waals surface area contributed by atoms with E-state index < -0.39 is 0 Å². The molecule has 0 spiro atoms. The van der Waals surface area contributed by atoms with Crippen molar-refractivity contribution in [3.63, 3.8) is 0 Å². The topological polar surface area (TPSA) is 90.5 Å². The van der Waals surface area contributed by atoms with Gasteiger partial charge in [-0.1, -0.05) is 17.7 Å². The molecular formula is C20H15BrClN7OS. The van der Waals surface area contributed by atoms with Crippen LogP contribution in [0.3, 0.4) is 0 Å². The minimum absolute atomic E-state index is 0.269. The molecule has 0 aliphatic rings. The molecule has 8 nitrogen and oxygen atoms in total. The third kappa shape index (κ3) is 3.60. The van der Waals surface area contributed by atoms with Crippen molar-refractivity contribution >= 4 is 71.6 Å². The summed E-state index contributed by atoms with van der Waals surface area (Å²) >= 11 is 11.0. The molecule has 5 aromatic rings. The predicted octanol–water partition coefficient (Wildman–Crippen LogP) is 4.97. The first-order chi connectivity index (χ1) is 15.0. The molecule has 4 aromatic heterocycles. The quantitative estimate of drug-likeness (QED) is 0.333. The maximum Gasteiger partial charge on any atom is 0.258 e. The highest BCUT2D eigenvalue weighted by molar-refractivity contribution is 9.10. The number of carbonyl (C=O) groups excluding carboxylic acids is 1. The molecule has 1 N–H and O–H groups in total. The Balaban J connectivity index is 1.49. The number of nitrogens with zero attached hydrogens (tertiary/aromatic N) is 6. The lowest BCUT2D eigenvalue weighted by Crippen LogP contribution is -2.12. The number of amides is 1. The lowest BCUT2D eigenvalue weighted by Gasteiger charge is -2.07. The van der Waals surface area contributed by atoms with Crippen molar-refractivity contribution in [3.05, 3.63) is 63.2 Å². The van der Waals surface area contributed by atoms with Crippen LogP contribution in [0.25, 0.3) is 21.1 Å². The van der Waals surface area contributed by atoms with Gasteiger partial charge in [-0.15, -0.1) is 11.3 Å². The van der Waals surface area contributed by atoms with Gasteiger partial charge >= 0.3 is 0 Å². The standard InChI is InChI=1S/C20H15BrClN7OS/c1-2-28-7-6-11(26-28)8-29-14-5-3-4-13(15(14)18(21)27-29)25-20(30)12-9-31-17-16(12)23-10-24-19(17)22/h3-7,9-10H,2,8H2,1H3,(H,25,30). The van der Waals surface area contributed by atoms with Gasteiger partial charge in [0.05, 0.1) is 44.6 Å². The molecule has 0 radical (unpaired) electrons. The fraction of sp³-hybridized carbons (Fsp3) is 0.150. The molecular weight excluding hydrogens is 502 g/mol. The monoisotopic (exact) mass is 515 g/mol. The van der Waals surface area contributed by atoms with E-state index in [9.17, 15) is 4.79 Å². The highest BCUT2D eigenvalue weighted by Crippen LogP contribution is 2.33. The fourth-order valence-electron chi connectivity index (χ4n) is 3.40. The zero-order chi connectivity index (χ0) is 21.5. The van der Waals surface area contributed by atoms with E-state index in [2.05, 4.69) is 41.4 Å². The Bertz CT molecular complexity index is 1440. The number of carbonyl (C=O) groups is 1. The van der Waals surface area contributed by atoms with Crippen LogP contribution in [-0.4, -0.2) is 35.4 Å². The van der Waals surface area contributed by atoms with E-state index in [1.54, 1.807) is 5.38 Å². The second-order valence-corrected chi connectivity index (χ2v) is 8.75. The number of anilines is 1. The van der Waals surface area contributed by atoms with Gasteiger partial charge in [0, 0.05) is 18.1 Å². The van der Waals surface area contributed by atoms with Gasteiger partial charge in [0.1, 0.15) is 16.1 Å². The average molecular weight is 517 g/mol. The molecule has 0 bridgehead atoms. The molecule has 0 saturated carbocycles. The Hall–Kier alpha value is -2.82. The van der Waals surface area contributed by atoms with E-state index in [-0.39, 0.29) is 5.91 Å². The highest BCUT2D eigenvalue weighted by atomic mass is 79.9. The summed E-state index contributed by atoms with van der Waals surface area (Å²) in [4.78, 5) is 21.2. The van der Waals surface area contributed by atoms with Crippen LogP contribution in [0, 0.1) is 0 Å². The summed E-state index contributed by atoms with van der Waals surface area (Å²) in [6.45, 7) is 3.38. The highest BCUT2D eigenvalue weighted by Gasteiger charge is 2.19. The summed E-state index contributed by atoms with van der Waals surface area (Å²) < 4.78 is 5.08. The number of benzene rings is 1. The summed E-state index contributed by atoms with van der Waals surface area (Å²) in [7, 11) is 0. The SMILES string of the molecule is CCn1ccc(Cn2nc(Br)c3c(NC(=O)c4csc5c(Cl)ncnc45)cccc32)n1. The Morgan fingerprint density at radius 1 is 1.26 bits per heavy atom. The summed E-state index contributed by atoms with van der Waals surface area (Å²) in [5, 5.41) is 15.0. The Morgan fingerprint density at radius 3 is 2.94 bits per heavy atom. The van der Waals surface area contributed by atoms with E-state index in [0.717, 1.165) is 23.1 Å². The Morgan fingerprint density at radius 2 is 2.13 bits per heavy atom. The Labute approximate surface area is 194 Å². The third-order valence-corrected chi connectivity index (χ3v) is 6.80. The zero-order valence-corrected chi connectivity index (χ0v) is 19.4. The van der Waals surface area contributed by atoms with Crippen LogP contribution in [0.15, 0.2) is 46.8 Å². The van der Waals surface area contributed by atoms with E-state index >= 15 is 0 Å². The molecule has 1 aromatic carbocycles. The molecule has 0 saturated heterocycles. The van der Waals surface area contributed by atoms with E-state index in [4.69, 9.17) is 11.6 Å². The Kier molecular flexibility index (Phi) is 5.20. The number of hydrogen-bond acceptors (Lipinski definition) is 6. The lowest BCUT2D eigenvalue weighted by molar-refractivity contribution is 0.102. The minimum atomic E-state index is -0.269. The van der Waals surface area contributed by atoms with Gasteiger partial charge in [-0.25, -0.2) is 9.97 Å². The van der Waals surface area contributed by atoms with Crippen LogP contribution in [0.2, 0.25) is 5.15 Å². The van der Waals surface area contributed by atoms with Crippen molar-refractivity contribution in [2.75, 3.05) is 5.32 Å². The number of thiophene rings is 1. The summed E-state index contributed by atoms with van der Waals surface area (Å²) in [5.41, 5.74) is 3.44. The van der Waals surface area contributed by atoms with Crippen LogP contribution in [0.1, 0.15) is 23.0 Å². The number of fused-ring (bicyclic) bond motifs is 2. The first-order valence-corrected chi connectivity index (χ1v) is 11.5.